The van der Waals surface area contributed by atoms with Gasteiger partial charge in [-0.25, -0.2) is 0 Å². The summed E-state index contributed by atoms with van der Waals surface area (Å²) < 4.78 is 0. The summed E-state index contributed by atoms with van der Waals surface area (Å²) in [6, 6.07) is 0. The first-order valence-corrected chi connectivity index (χ1v) is 0.908. The Hall–Kier alpha value is 0.130. The minimum absolute atomic E-state index is 0. The van der Waals surface area contributed by atoms with E-state index in [4.69, 9.17) is 9.90 Å². The second-order valence-corrected chi connectivity index (χ2v) is 0.492. The van der Waals surface area contributed by atoms with Gasteiger partial charge < -0.3 is 20.9 Å². The van der Waals surface area contributed by atoms with Gasteiger partial charge in [0.1, 0.15) is 0 Å². The Balaban J connectivity index is -0.0000000150. The van der Waals surface area contributed by atoms with E-state index in [9.17, 15) is 0 Å². The molecule has 0 aliphatic rings. The smallest absolute Gasteiger partial charge is 0.550 e. The van der Waals surface area contributed by atoms with Gasteiger partial charge in [0.15, 0.2) is 0 Å². The minimum atomic E-state index is -1.08. The fourth-order valence-electron chi connectivity index (χ4n) is 0. The Morgan fingerprint density at radius 3 is 1.43 bits per heavy atom. The van der Waals surface area contributed by atoms with Crippen LogP contribution in [0.3, 0.4) is 0 Å². The topological polar surface area (TPSA) is 103 Å². The SMILES string of the molecule is CC(=O)[O-].O.O.[Ag+]. The summed E-state index contributed by atoms with van der Waals surface area (Å²) in [4.78, 5) is 8.89. The van der Waals surface area contributed by atoms with Crippen LogP contribution in [-0.4, -0.2) is 16.9 Å². The quantitative estimate of drug-likeness (QED) is 0.394. The van der Waals surface area contributed by atoms with Crippen molar-refractivity contribution in [3.8, 4) is 0 Å². The van der Waals surface area contributed by atoms with Crippen molar-refractivity contribution in [2.75, 3.05) is 0 Å². The average molecular weight is 203 g/mol. The molecule has 4 N–H and O–H groups in total. The van der Waals surface area contributed by atoms with E-state index in [0.29, 0.717) is 0 Å². The first kappa shape index (κ1) is 27.3. The molecule has 0 aliphatic carbocycles. The number of hydrogen-bond donors (Lipinski definition) is 0. The molecule has 0 heterocycles. The molecule has 0 amide bonds. The minimum Gasteiger partial charge on any atom is -0.550 e. The first-order chi connectivity index (χ1) is 1.73. The average Bonchev–Trinajstić information content (AvgIpc) is 0.811. The first-order valence-electron chi connectivity index (χ1n) is 0.908. The molecule has 4 nitrogen and oxygen atoms in total. The summed E-state index contributed by atoms with van der Waals surface area (Å²) in [5, 5.41) is 8.89. The van der Waals surface area contributed by atoms with Crippen LogP contribution in [-0.2, 0) is 27.2 Å². The summed E-state index contributed by atoms with van der Waals surface area (Å²) in [7, 11) is 0. The van der Waals surface area contributed by atoms with Crippen LogP contribution in [0.15, 0.2) is 0 Å². The molecule has 0 saturated carbocycles. The molecular weight excluding hydrogens is 196 g/mol. The summed E-state index contributed by atoms with van der Waals surface area (Å²) in [6.07, 6.45) is 0. The van der Waals surface area contributed by atoms with E-state index in [2.05, 4.69) is 0 Å². The molecule has 0 aromatic rings. The maximum absolute atomic E-state index is 8.89. The van der Waals surface area contributed by atoms with Crippen LogP contribution in [0.2, 0.25) is 0 Å². The van der Waals surface area contributed by atoms with Crippen LogP contribution >= 0.6 is 0 Å². The molecule has 0 fully saturated rings. The van der Waals surface area contributed by atoms with E-state index in [0.717, 1.165) is 6.92 Å². The van der Waals surface area contributed by atoms with Crippen LogP contribution in [0.5, 0.6) is 0 Å². The third kappa shape index (κ3) is 6160. The molecule has 0 spiro atoms. The van der Waals surface area contributed by atoms with Crippen molar-refractivity contribution in [1.82, 2.24) is 0 Å². The summed E-state index contributed by atoms with van der Waals surface area (Å²) >= 11 is 0. The van der Waals surface area contributed by atoms with E-state index in [1.54, 1.807) is 0 Å². The fraction of sp³-hybridized carbons (Fsp3) is 0.500. The van der Waals surface area contributed by atoms with E-state index < -0.39 is 5.97 Å². The molecule has 0 saturated heterocycles. The van der Waals surface area contributed by atoms with Gasteiger partial charge >= 0.3 is 22.4 Å². The molecule has 0 unspecified atom stereocenters. The molecule has 0 aromatic heterocycles. The number of carbonyl (C=O) groups is 1. The molecular formula is C2H7AgO4. The second-order valence-electron chi connectivity index (χ2n) is 0.492. The van der Waals surface area contributed by atoms with E-state index in [1.807, 2.05) is 0 Å². The largest absolute Gasteiger partial charge is 1.00 e. The van der Waals surface area contributed by atoms with Crippen LogP contribution in [0.4, 0.5) is 0 Å². The molecule has 50 valence electrons. The van der Waals surface area contributed by atoms with Crippen molar-refractivity contribution >= 4 is 5.97 Å². The van der Waals surface area contributed by atoms with Crippen LogP contribution in [0.25, 0.3) is 0 Å². The number of carbonyl (C=O) groups excluding carboxylic acids is 1. The van der Waals surface area contributed by atoms with Gasteiger partial charge in [0.05, 0.1) is 0 Å². The number of hydrogen-bond acceptors (Lipinski definition) is 2. The summed E-state index contributed by atoms with van der Waals surface area (Å²) in [5.41, 5.74) is 0. The number of carboxylic acids is 1. The Morgan fingerprint density at radius 2 is 1.43 bits per heavy atom. The zero-order valence-corrected chi connectivity index (χ0v) is 5.10. The fourth-order valence-corrected chi connectivity index (χ4v) is 0. The third-order valence-corrected chi connectivity index (χ3v) is 0. The van der Waals surface area contributed by atoms with E-state index in [-0.39, 0.29) is 33.3 Å². The van der Waals surface area contributed by atoms with Crippen LogP contribution < -0.4 is 5.11 Å². The number of carboxylic acid groups (broad SMARTS) is 1. The van der Waals surface area contributed by atoms with E-state index in [1.165, 1.54) is 0 Å². The van der Waals surface area contributed by atoms with Gasteiger partial charge in [-0.05, 0) is 6.92 Å². The zero-order valence-electron chi connectivity index (χ0n) is 3.62. The van der Waals surface area contributed by atoms with Crippen molar-refractivity contribution < 1.29 is 43.2 Å². The van der Waals surface area contributed by atoms with Crippen molar-refractivity contribution in [1.29, 1.82) is 0 Å². The molecule has 5 heteroatoms. The molecule has 7 heavy (non-hydrogen) atoms. The Labute approximate surface area is 56.7 Å². The van der Waals surface area contributed by atoms with Crippen LogP contribution in [0, 0.1) is 0 Å². The van der Waals surface area contributed by atoms with Gasteiger partial charge in [-0.2, -0.15) is 0 Å². The number of aliphatic carboxylic acids is 1. The summed E-state index contributed by atoms with van der Waals surface area (Å²) in [5.74, 6) is -1.08. The van der Waals surface area contributed by atoms with Gasteiger partial charge in [0, 0.05) is 5.97 Å². The zero-order chi connectivity index (χ0) is 3.58. The Morgan fingerprint density at radius 1 is 1.43 bits per heavy atom. The van der Waals surface area contributed by atoms with Crippen molar-refractivity contribution in [3.63, 3.8) is 0 Å². The van der Waals surface area contributed by atoms with Crippen molar-refractivity contribution in [2.24, 2.45) is 0 Å². The number of rotatable bonds is 0. The summed E-state index contributed by atoms with van der Waals surface area (Å²) in [6.45, 7) is 0.972. The van der Waals surface area contributed by atoms with Crippen molar-refractivity contribution in [2.45, 2.75) is 6.92 Å². The van der Waals surface area contributed by atoms with Gasteiger partial charge in [-0.3, -0.25) is 0 Å². The van der Waals surface area contributed by atoms with Gasteiger partial charge in [-0.15, -0.1) is 0 Å². The Kier molecular flexibility index (Phi) is 64.3. The van der Waals surface area contributed by atoms with Crippen LogP contribution in [0.1, 0.15) is 6.92 Å². The van der Waals surface area contributed by atoms with Crippen molar-refractivity contribution in [3.05, 3.63) is 0 Å². The molecule has 0 atom stereocenters. The molecule has 0 radical (unpaired) electrons. The van der Waals surface area contributed by atoms with Gasteiger partial charge in [-0.1, -0.05) is 0 Å². The van der Waals surface area contributed by atoms with E-state index >= 15 is 0 Å². The maximum Gasteiger partial charge on any atom is 1.00 e. The van der Waals surface area contributed by atoms with Gasteiger partial charge in [0.25, 0.3) is 0 Å². The monoisotopic (exact) mass is 202 g/mol. The predicted molar refractivity (Wildman–Crippen MR) is 17.9 cm³/mol. The predicted octanol–water partition coefficient (Wildman–Crippen LogP) is -2.90. The normalized spacial score (nSPS) is 3.57. The molecule has 0 aliphatic heterocycles. The molecule has 0 bridgehead atoms. The maximum atomic E-state index is 8.89. The Bertz CT molecular complexity index is 32.7. The standard InChI is InChI=1S/C2H4O2.Ag.2H2O/c1-2(3)4;;;/h1H3,(H,3,4);;2*1H2/q;+1;;/p-1. The van der Waals surface area contributed by atoms with Gasteiger partial charge in [0.2, 0.25) is 0 Å². The second kappa shape index (κ2) is 16.5. The molecule has 0 aromatic carbocycles. The third-order valence-electron chi connectivity index (χ3n) is 0. The molecule has 0 rings (SSSR count).